The molecule has 1 aromatic carbocycles. The van der Waals surface area contributed by atoms with Crippen molar-refractivity contribution in [2.75, 3.05) is 6.61 Å². The van der Waals surface area contributed by atoms with Crippen LogP contribution in [0.1, 0.15) is 42.7 Å². The number of carbonyl (C=O) groups excluding carboxylic acids is 1. The molecule has 3 nitrogen and oxygen atoms in total. The Balaban J connectivity index is 2.10. The summed E-state index contributed by atoms with van der Waals surface area (Å²) in [6.07, 6.45) is 2.69. The van der Waals surface area contributed by atoms with E-state index in [0.29, 0.717) is 6.61 Å². The van der Waals surface area contributed by atoms with Gasteiger partial charge in [-0.25, -0.2) is 0 Å². The van der Waals surface area contributed by atoms with Crippen LogP contribution in [0.4, 0.5) is 0 Å². The van der Waals surface area contributed by atoms with Crippen molar-refractivity contribution in [2.45, 2.75) is 53.5 Å². The van der Waals surface area contributed by atoms with E-state index in [9.17, 15) is 4.79 Å². The quantitative estimate of drug-likeness (QED) is 0.804. The summed E-state index contributed by atoms with van der Waals surface area (Å²) in [5.74, 6) is -0.0145. The van der Waals surface area contributed by atoms with Crippen LogP contribution in [-0.2, 0) is 28.9 Å². The van der Waals surface area contributed by atoms with Gasteiger partial charge in [-0.05, 0) is 75.8 Å². The molecule has 1 unspecified atom stereocenters. The van der Waals surface area contributed by atoms with Gasteiger partial charge in [0.05, 0.1) is 12.5 Å². The van der Waals surface area contributed by atoms with E-state index in [-0.39, 0.29) is 11.9 Å². The predicted octanol–water partition coefficient (Wildman–Crippen LogP) is 3.95. The summed E-state index contributed by atoms with van der Waals surface area (Å²) in [6, 6.07) is 4.59. The number of ether oxygens (including phenoxy) is 1. The molecular weight excluding hydrogens is 274 g/mol. The molecule has 0 aliphatic heterocycles. The minimum absolute atomic E-state index is 0.0185. The Kier molecular flexibility index (Phi) is 3.98. The standard InChI is InChI=1S/C19H25NO2/c1-5-20-17-8-7-14(19(21)22-6-2)11-16(17)15-9-12(3)13(4)10-18(15)20/h9-10,14H,5-8,11H2,1-4H3. The van der Waals surface area contributed by atoms with Crippen molar-refractivity contribution >= 4 is 16.9 Å². The number of hydrogen-bond donors (Lipinski definition) is 0. The SMILES string of the molecule is CCOC(=O)C1CCc2c(c3cc(C)c(C)cc3n2CC)C1. The largest absolute Gasteiger partial charge is 0.466 e. The highest BCUT2D eigenvalue weighted by atomic mass is 16.5. The molecule has 1 aliphatic rings. The van der Waals surface area contributed by atoms with Crippen molar-refractivity contribution in [1.29, 1.82) is 0 Å². The number of fused-ring (bicyclic) bond motifs is 3. The number of aryl methyl sites for hydroxylation is 3. The third-order valence-corrected chi connectivity index (χ3v) is 5.02. The fraction of sp³-hybridized carbons (Fsp3) is 0.526. The van der Waals surface area contributed by atoms with Gasteiger partial charge in [-0.3, -0.25) is 4.79 Å². The summed E-state index contributed by atoms with van der Waals surface area (Å²) in [4.78, 5) is 12.1. The van der Waals surface area contributed by atoms with Gasteiger partial charge in [0.25, 0.3) is 0 Å². The maximum Gasteiger partial charge on any atom is 0.309 e. The summed E-state index contributed by atoms with van der Waals surface area (Å²) in [6.45, 7) is 9.86. The molecule has 0 fully saturated rings. The molecule has 0 radical (unpaired) electrons. The van der Waals surface area contributed by atoms with Gasteiger partial charge in [-0.2, -0.15) is 0 Å². The van der Waals surface area contributed by atoms with Crippen LogP contribution in [0.3, 0.4) is 0 Å². The first-order valence-corrected chi connectivity index (χ1v) is 8.34. The highest BCUT2D eigenvalue weighted by Crippen LogP contribution is 2.36. The van der Waals surface area contributed by atoms with E-state index < -0.39 is 0 Å². The summed E-state index contributed by atoms with van der Waals surface area (Å²) in [7, 11) is 0. The van der Waals surface area contributed by atoms with Crippen LogP contribution in [0.5, 0.6) is 0 Å². The van der Waals surface area contributed by atoms with Gasteiger partial charge in [0.1, 0.15) is 0 Å². The lowest BCUT2D eigenvalue weighted by molar-refractivity contribution is -0.148. The Morgan fingerprint density at radius 1 is 1.27 bits per heavy atom. The summed E-state index contributed by atoms with van der Waals surface area (Å²) in [5.41, 5.74) is 6.76. The average molecular weight is 299 g/mol. The van der Waals surface area contributed by atoms with E-state index >= 15 is 0 Å². The second-order valence-corrected chi connectivity index (χ2v) is 6.31. The second kappa shape index (κ2) is 5.79. The lowest BCUT2D eigenvalue weighted by Gasteiger charge is -2.22. The highest BCUT2D eigenvalue weighted by molar-refractivity contribution is 5.88. The van der Waals surface area contributed by atoms with E-state index in [1.165, 1.54) is 33.3 Å². The van der Waals surface area contributed by atoms with E-state index in [0.717, 1.165) is 25.8 Å². The fourth-order valence-electron chi connectivity index (χ4n) is 3.73. The van der Waals surface area contributed by atoms with Crippen LogP contribution in [0.2, 0.25) is 0 Å². The molecule has 0 amide bonds. The summed E-state index contributed by atoms with van der Waals surface area (Å²) >= 11 is 0. The monoisotopic (exact) mass is 299 g/mol. The zero-order valence-corrected chi connectivity index (χ0v) is 14.0. The smallest absolute Gasteiger partial charge is 0.309 e. The zero-order chi connectivity index (χ0) is 15.9. The molecule has 118 valence electrons. The van der Waals surface area contributed by atoms with Gasteiger partial charge in [-0.15, -0.1) is 0 Å². The lowest BCUT2D eigenvalue weighted by atomic mass is 9.86. The molecule has 0 saturated carbocycles. The average Bonchev–Trinajstić information content (AvgIpc) is 2.80. The first-order valence-electron chi connectivity index (χ1n) is 8.34. The van der Waals surface area contributed by atoms with Crippen LogP contribution in [0.25, 0.3) is 10.9 Å². The Morgan fingerprint density at radius 3 is 2.68 bits per heavy atom. The number of hydrogen-bond acceptors (Lipinski definition) is 2. The zero-order valence-electron chi connectivity index (χ0n) is 14.0. The molecule has 0 saturated heterocycles. The summed E-state index contributed by atoms with van der Waals surface area (Å²) in [5, 5.41) is 1.33. The Bertz CT molecular complexity index is 727. The lowest BCUT2D eigenvalue weighted by Crippen LogP contribution is -2.25. The maximum atomic E-state index is 12.1. The number of aromatic nitrogens is 1. The van der Waals surface area contributed by atoms with Gasteiger partial charge >= 0.3 is 5.97 Å². The van der Waals surface area contributed by atoms with Crippen molar-refractivity contribution in [1.82, 2.24) is 4.57 Å². The number of nitrogens with zero attached hydrogens (tertiary/aromatic N) is 1. The van der Waals surface area contributed by atoms with E-state index in [4.69, 9.17) is 4.74 Å². The van der Waals surface area contributed by atoms with Crippen LogP contribution in [0.15, 0.2) is 12.1 Å². The van der Waals surface area contributed by atoms with Gasteiger partial charge in [-0.1, -0.05) is 0 Å². The van der Waals surface area contributed by atoms with Crippen molar-refractivity contribution in [3.8, 4) is 0 Å². The molecule has 1 heterocycles. The molecule has 22 heavy (non-hydrogen) atoms. The van der Waals surface area contributed by atoms with Gasteiger partial charge in [0.2, 0.25) is 0 Å². The minimum atomic E-state index is -0.0330. The highest BCUT2D eigenvalue weighted by Gasteiger charge is 2.30. The molecule has 3 heteroatoms. The van der Waals surface area contributed by atoms with E-state index in [2.05, 4.69) is 37.5 Å². The van der Waals surface area contributed by atoms with Gasteiger partial charge < -0.3 is 9.30 Å². The van der Waals surface area contributed by atoms with Crippen LogP contribution < -0.4 is 0 Å². The van der Waals surface area contributed by atoms with Crippen molar-refractivity contribution in [2.24, 2.45) is 5.92 Å². The number of carbonyl (C=O) groups is 1. The van der Waals surface area contributed by atoms with Crippen molar-refractivity contribution in [3.63, 3.8) is 0 Å². The second-order valence-electron chi connectivity index (χ2n) is 6.31. The maximum absolute atomic E-state index is 12.1. The molecule has 1 aliphatic carbocycles. The molecule has 0 spiro atoms. The van der Waals surface area contributed by atoms with E-state index in [1.807, 2.05) is 6.92 Å². The normalized spacial score (nSPS) is 17.5. The summed E-state index contributed by atoms with van der Waals surface area (Å²) < 4.78 is 7.67. The fourth-order valence-corrected chi connectivity index (χ4v) is 3.73. The predicted molar refractivity (Wildman–Crippen MR) is 89.2 cm³/mol. The first-order chi connectivity index (χ1) is 10.6. The molecule has 1 atom stereocenters. The van der Waals surface area contributed by atoms with E-state index in [1.54, 1.807) is 0 Å². The molecule has 0 bridgehead atoms. The molecule has 1 aromatic heterocycles. The van der Waals surface area contributed by atoms with Crippen LogP contribution >= 0.6 is 0 Å². The number of esters is 1. The minimum Gasteiger partial charge on any atom is -0.466 e. The number of rotatable bonds is 3. The Morgan fingerprint density at radius 2 is 2.00 bits per heavy atom. The van der Waals surface area contributed by atoms with Crippen LogP contribution in [0, 0.1) is 19.8 Å². The molecule has 2 aromatic rings. The van der Waals surface area contributed by atoms with Crippen molar-refractivity contribution < 1.29 is 9.53 Å². The molecule has 3 rings (SSSR count). The Labute approximate surface area is 132 Å². The van der Waals surface area contributed by atoms with Crippen molar-refractivity contribution in [3.05, 3.63) is 34.5 Å². The van der Waals surface area contributed by atoms with Crippen LogP contribution in [-0.4, -0.2) is 17.1 Å². The van der Waals surface area contributed by atoms with Gasteiger partial charge in [0.15, 0.2) is 0 Å². The Hall–Kier alpha value is -1.77. The molecular formula is C19H25NO2. The third-order valence-electron chi connectivity index (χ3n) is 5.02. The van der Waals surface area contributed by atoms with Gasteiger partial charge in [0, 0.05) is 23.1 Å². The third kappa shape index (κ3) is 2.33. The topological polar surface area (TPSA) is 31.2 Å². The number of benzene rings is 1. The molecule has 0 N–H and O–H groups in total. The first kappa shape index (κ1) is 15.1.